The molecule has 17 nitrogen and oxygen atoms in total. The largest absolute Gasteiger partial charge is 0.472 e. The monoisotopic (exact) mass is 1480 g/mol. The molecule has 0 aromatic rings. The Balaban J connectivity index is 5.34. The van der Waals surface area contributed by atoms with Gasteiger partial charge in [-0.25, -0.2) is 9.13 Å². The molecule has 0 radical (unpaired) electrons. The van der Waals surface area contributed by atoms with Crippen LogP contribution in [0.3, 0.4) is 0 Å². The van der Waals surface area contributed by atoms with Crippen LogP contribution in [-0.2, 0) is 65.4 Å². The van der Waals surface area contributed by atoms with Crippen LogP contribution in [0.2, 0.25) is 0 Å². The predicted molar refractivity (Wildman–Crippen MR) is 418 cm³/mol. The molecule has 19 heteroatoms. The zero-order valence-corrected chi connectivity index (χ0v) is 66.6. The summed E-state index contributed by atoms with van der Waals surface area (Å²) >= 11 is 0. The van der Waals surface area contributed by atoms with Crippen molar-refractivity contribution in [3.63, 3.8) is 0 Å². The summed E-state index contributed by atoms with van der Waals surface area (Å²) in [5.74, 6) is -2.17. The number of aliphatic hydroxyl groups is 1. The Kier molecular flexibility index (Phi) is 72.7. The first kappa shape index (κ1) is 98.2. The lowest BCUT2D eigenvalue weighted by molar-refractivity contribution is -0.161. The van der Waals surface area contributed by atoms with Gasteiger partial charge in [-0.3, -0.25) is 37.3 Å². The molecule has 0 amide bonds. The second-order valence-corrected chi connectivity index (χ2v) is 30.2. The number of rotatable bonds is 77. The van der Waals surface area contributed by atoms with Crippen LogP contribution in [0.1, 0.15) is 362 Å². The summed E-state index contributed by atoms with van der Waals surface area (Å²) in [6.45, 7) is 4.69. The van der Waals surface area contributed by atoms with Crippen molar-refractivity contribution < 1.29 is 80.2 Å². The summed E-state index contributed by atoms with van der Waals surface area (Å²) in [6.07, 6.45) is 78.3. The van der Waals surface area contributed by atoms with Crippen molar-refractivity contribution >= 4 is 39.5 Å². The quantitative estimate of drug-likeness (QED) is 0.0169. The number of allylic oxidation sites excluding steroid dienone is 14. The minimum atomic E-state index is -4.98. The average Bonchev–Trinajstić information content (AvgIpc) is 0.923. The van der Waals surface area contributed by atoms with E-state index in [1.807, 2.05) is 0 Å². The number of unbranched alkanes of at least 4 members (excludes halogenated alkanes) is 37. The fourth-order valence-electron chi connectivity index (χ4n) is 11.2. The summed E-state index contributed by atoms with van der Waals surface area (Å²) in [4.78, 5) is 73.0. The van der Waals surface area contributed by atoms with Gasteiger partial charge in [-0.2, -0.15) is 0 Å². The van der Waals surface area contributed by atoms with Crippen LogP contribution < -0.4 is 0 Å². The fraction of sp³-hybridized carbons (Fsp3) is 0.783. The van der Waals surface area contributed by atoms with Gasteiger partial charge in [0.1, 0.15) is 19.3 Å². The third kappa shape index (κ3) is 74.5. The molecule has 102 heavy (non-hydrogen) atoms. The van der Waals surface area contributed by atoms with E-state index in [-0.39, 0.29) is 25.7 Å². The van der Waals surface area contributed by atoms with Crippen LogP contribution in [-0.4, -0.2) is 96.7 Å². The summed E-state index contributed by atoms with van der Waals surface area (Å²) in [7, 11) is -9.95. The Labute approximate surface area is 621 Å². The molecule has 592 valence electrons. The van der Waals surface area contributed by atoms with Crippen LogP contribution in [0.5, 0.6) is 0 Å². The summed E-state index contributed by atoms with van der Waals surface area (Å²) in [5, 5.41) is 10.6. The Morgan fingerprint density at radius 1 is 0.284 bits per heavy atom. The van der Waals surface area contributed by atoms with Crippen LogP contribution in [0, 0.1) is 0 Å². The predicted octanol–water partition coefficient (Wildman–Crippen LogP) is 23.8. The van der Waals surface area contributed by atoms with Crippen molar-refractivity contribution in [1.29, 1.82) is 0 Å². The zero-order chi connectivity index (χ0) is 74.6. The Morgan fingerprint density at radius 2 is 0.510 bits per heavy atom. The lowest BCUT2D eigenvalue weighted by atomic mass is 10.0. The van der Waals surface area contributed by atoms with Crippen molar-refractivity contribution in [2.75, 3.05) is 39.6 Å². The topological polar surface area (TPSA) is 237 Å². The van der Waals surface area contributed by atoms with Crippen LogP contribution >= 0.6 is 15.6 Å². The molecule has 0 bridgehead atoms. The van der Waals surface area contributed by atoms with E-state index in [0.29, 0.717) is 25.7 Å². The van der Waals surface area contributed by atoms with E-state index in [4.69, 9.17) is 37.0 Å². The molecule has 0 aromatic heterocycles. The normalized spacial score (nSPS) is 14.3. The maximum absolute atomic E-state index is 13.1. The third-order valence-electron chi connectivity index (χ3n) is 17.4. The number of esters is 4. The van der Waals surface area contributed by atoms with Gasteiger partial charge in [0.15, 0.2) is 12.2 Å². The lowest BCUT2D eigenvalue weighted by Gasteiger charge is -2.21. The smallest absolute Gasteiger partial charge is 0.462 e. The average molecular weight is 1480 g/mol. The minimum absolute atomic E-state index is 0.0816. The number of ether oxygens (including phenoxy) is 4. The second-order valence-electron chi connectivity index (χ2n) is 27.3. The summed E-state index contributed by atoms with van der Waals surface area (Å²) in [6, 6.07) is 0. The first-order valence-electron chi connectivity index (χ1n) is 40.8. The van der Waals surface area contributed by atoms with Crippen LogP contribution in [0.15, 0.2) is 85.1 Å². The first-order chi connectivity index (χ1) is 49.7. The Bertz CT molecular complexity index is 2260. The molecule has 0 fully saturated rings. The molecule has 3 N–H and O–H groups in total. The van der Waals surface area contributed by atoms with Gasteiger partial charge in [0.05, 0.1) is 26.4 Å². The number of hydrogen-bond acceptors (Lipinski definition) is 15. The fourth-order valence-corrected chi connectivity index (χ4v) is 12.8. The van der Waals surface area contributed by atoms with E-state index in [0.717, 1.165) is 173 Å². The van der Waals surface area contributed by atoms with Gasteiger partial charge in [0, 0.05) is 25.7 Å². The number of aliphatic hydroxyl groups excluding tert-OH is 1. The number of hydrogen-bond donors (Lipinski definition) is 3. The molecular weight excluding hydrogens is 1330 g/mol. The first-order valence-corrected chi connectivity index (χ1v) is 43.8. The molecule has 0 saturated carbocycles. The van der Waals surface area contributed by atoms with E-state index >= 15 is 0 Å². The second kappa shape index (κ2) is 75.5. The lowest BCUT2D eigenvalue weighted by Crippen LogP contribution is -2.30. The SMILES string of the molecule is CC/C=C\C/C=C\C/C=C\C/C=C\CCCCCCCCC(=O)OCC(COP(=O)(O)OCC(O)COP(=O)(O)OCC(COC(=O)CCCCCCCCCCCCCCC)OC(=O)CCCCCCCCCCCCCCC)OC(=O)CCCCCCCCC/C=C\C/C=C\C/C=C\CC. The molecule has 0 rings (SSSR count). The molecule has 0 saturated heterocycles. The molecule has 0 aliphatic heterocycles. The molecular formula is C83H148O17P2. The van der Waals surface area contributed by atoms with E-state index < -0.39 is 97.5 Å². The zero-order valence-electron chi connectivity index (χ0n) is 64.8. The van der Waals surface area contributed by atoms with E-state index in [1.165, 1.54) is 109 Å². The van der Waals surface area contributed by atoms with Gasteiger partial charge in [-0.15, -0.1) is 0 Å². The van der Waals surface area contributed by atoms with Gasteiger partial charge in [-0.05, 0) is 96.3 Å². The third-order valence-corrected chi connectivity index (χ3v) is 19.3. The number of phosphoric ester groups is 2. The molecule has 0 spiro atoms. The van der Waals surface area contributed by atoms with Gasteiger partial charge < -0.3 is 33.8 Å². The summed E-state index contributed by atoms with van der Waals surface area (Å²) in [5.41, 5.74) is 0. The van der Waals surface area contributed by atoms with Crippen molar-refractivity contribution in [1.82, 2.24) is 0 Å². The van der Waals surface area contributed by atoms with Crippen molar-refractivity contribution in [2.24, 2.45) is 0 Å². The van der Waals surface area contributed by atoms with Crippen LogP contribution in [0.25, 0.3) is 0 Å². The van der Waals surface area contributed by atoms with Gasteiger partial charge in [-0.1, -0.05) is 325 Å². The molecule has 0 heterocycles. The molecule has 0 aliphatic rings. The van der Waals surface area contributed by atoms with Gasteiger partial charge in [0.2, 0.25) is 0 Å². The Hall–Kier alpha value is -3.76. The Morgan fingerprint density at radius 3 is 0.784 bits per heavy atom. The molecule has 0 aliphatic carbocycles. The maximum Gasteiger partial charge on any atom is 0.472 e. The highest BCUT2D eigenvalue weighted by molar-refractivity contribution is 7.47. The van der Waals surface area contributed by atoms with Crippen LogP contribution in [0.4, 0.5) is 0 Å². The molecule has 5 unspecified atom stereocenters. The van der Waals surface area contributed by atoms with Gasteiger partial charge >= 0.3 is 39.5 Å². The van der Waals surface area contributed by atoms with Crippen molar-refractivity contribution in [3.05, 3.63) is 85.1 Å². The highest BCUT2D eigenvalue weighted by atomic mass is 31.2. The van der Waals surface area contributed by atoms with E-state index in [2.05, 4.69) is 113 Å². The van der Waals surface area contributed by atoms with E-state index in [9.17, 15) is 43.2 Å². The molecule has 0 aromatic carbocycles. The maximum atomic E-state index is 13.1. The number of carbonyl (C=O) groups excluding carboxylic acids is 4. The summed E-state index contributed by atoms with van der Waals surface area (Å²) < 4.78 is 68.7. The number of phosphoric acid groups is 2. The van der Waals surface area contributed by atoms with Crippen molar-refractivity contribution in [3.8, 4) is 0 Å². The number of carbonyl (C=O) groups is 4. The molecule has 5 atom stereocenters. The van der Waals surface area contributed by atoms with E-state index in [1.54, 1.807) is 0 Å². The minimum Gasteiger partial charge on any atom is -0.462 e. The van der Waals surface area contributed by atoms with Crippen molar-refractivity contribution in [2.45, 2.75) is 380 Å². The van der Waals surface area contributed by atoms with Gasteiger partial charge in [0.25, 0.3) is 0 Å². The highest BCUT2D eigenvalue weighted by Gasteiger charge is 2.30. The highest BCUT2D eigenvalue weighted by Crippen LogP contribution is 2.45. The standard InChI is InChI=1S/C83H148O17P2/c1-5-9-13-17-21-25-29-33-35-37-38-40-41-45-48-52-56-60-64-68-81(86)94-74-79(100-83(88)70-66-62-58-54-50-46-42-39-36-34-30-26-22-18-14-10-6-2)76-98-102(91,92)96-72-77(84)71-95-101(89,90)97-75-78(99-82(87)69-65-61-57-53-49-44-32-28-24-20-16-12-8-4)73-93-80(85)67-63-59-55-51-47-43-31-27-23-19-15-11-7-3/h9-10,13-14,21-22,25-26,33-36,38,40,77-79,84H,5-8,11-12,15-20,23-24,27-32,37,39,41-76H2,1-4H3,(H,89,90)(H,91,92)/b13-9-,14-10-,25-21-,26-22-,35-33-,36-34-,40-38-.